The minimum absolute atomic E-state index is 0. The van der Waals surface area contributed by atoms with E-state index in [-0.39, 0.29) is 24.0 Å². The third-order valence-corrected chi connectivity index (χ3v) is 4.52. The lowest BCUT2D eigenvalue weighted by atomic mass is 10.1. The predicted octanol–water partition coefficient (Wildman–Crippen LogP) is 2.23. The van der Waals surface area contributed by atoms with Crippen molar-refractivity contribution in [3.63, 3.8) is 0 Å². The summed E-state index contributed by atoms with van der Waals surface area (Å²) in [7, 11) is 1.85. The van der Waals surface area contributed by atoms with E-state index in [1.807, 2.05) is 7.05 Å². The monoisotopic (exact) mass is 439 g/mol. The van der Waals surface area contributed by atoms with E-state index in [0.29, 0.717) is 6.04 Å². The van der Waals surface area contributed by atoms with Gasteiger partial charge in [-0.1, -0.05) is 20.8 Å². The number of halogens is 1. The molecule has 23 heavy (non-hydrogen) atoms. The van der Waals surface area contributed by atoms with Gasteiger partial charge in [-0.05, 0) is 32.2 Å². The van der Waals surface area contributed by atoms with Gasteiger partial charge >= 0.3 is 0 Å². The molecule has 138 valence electrons. The van der Waals surface area contributed by atoms with E-state index in [0.717, 1.165) is 25.0 Å². The van der Waals surface area contributed by atoms with E-state index in [2.05, 4.69) is 53.1 Å². The average molecular weight is 439 g/mol. The van der Waals surface area contributed by atoms with Gasteiger partial charge in [0.05, 0.1) is 0 Å². The Labute approximate surface area is 160 Å². The highest BCUT2D eigenvalue weighted by Gasteiger charge is 2.20. The third kappa shape index (κ3) is 9.72. The molecule has 0 spiro atoms. The van der Waals surface area contributed by atoms with Crippen LogP contribution >= 0.6 is 24.0 Å². The number of hydrogen-bond donors (Lipinski definition) is 2. The molecule has 0 radical (unpaired) electrons. The summed E-state index contributed by atoms with van der Waals surface area (Å²) >= 11 is 0. The fourth-order valence-electron chi connectivity index (χ4n) is 2.83. The molecule has 5 nitrogen and oxygen atoms in total. The number of rotatable bonds is 8. The van der Waals surface area contributed by atoms with Crippen molar-refractivity contribution in [2.75, 3.05) is 52.9 Å². The molecule has 0 aromatic heterocycles. The van der Waals surface area contributed by atoms with Crippen LogP contribution in [-0.2, 0) is 0 Å². The van der Waals surface area contributed by atoms with E-state index in [1.54, 1.807) is 0 Å². The van der Waals surface area contributed by atoms with Crippen LogP contribution in [0.15, 0.2) is 4.99 Å². The minimum atomic E-state index is 0. The fraction of sp³-hybridized carbons (Fsp3) is 0.941. The maximum atomic E-state index is 4.31. The first kappa shape index (κ1) is 22.9. The smallest absolute Gasteiger partial charge is 0.191 e. The van der Waals surface area contributed by atoms with Gasteiger partial charge < -0.3 is 15.5 Å². The highest BCUT2D eigenvalue weighted by Crippen LogP contribution is 2.05. The van der Waals surface area contributed by atoms with Crippen LogP contribution in [0.5, 0.6) is 0 Å². The Morgan fingerprint density at radius 2 is 1.74 bits per heavy atom. The highest BCUT2D eigenvalue weighted by atomic mass is 127. The van der Waals surface area contributed by atoms with Crippen molar-refractivity contribution >= 4 is 29.9 Å². The molecule has 0 aromatic rings. The van der Waals surface area contributed by atoms with Crippen molar-refractivity contribution in [3.05, 3.63) is 0 Å². The molecule has 0 aromatic carbocycles. The molecule has 0 aliphatic carbocycles. The SMILES string of the molecule is CCN1CCN(C(C)CNC(=NC)NCCCC(C)C)CC1.I. The lowest BCUT2D eigenvalue weighted by Crippen LogP contribution is -2.53. The lowest BCUT2D eigenvalue weighted by Gasteiger charge is -2.37. The number of nitrogens with zero attached hydrogens (tertiary/aromatic N) is 3. The van der Waals surface area contributed by atoms with Crippen LogP contribution in [0.1, 0.15) is 40.5 Å². The van der Waals surface area contributed by atoms with Gasteiger partial charge in [0.1, 0.15) is 0 Å². The quantitative estimate of drug-likeness (QED) is 0.264. The van der Waals surface area contributed by atoms with Crippen LogP contribution in [0.4, 0.5) is 0 Å². The van der Waals surface area contributed by atoms with Crippen molar-refractivity contribution in [1.82, 2.24) is 20.4 Å². The van der Waals surface area contributed by atoms with Crippen LogP contribution in [-0.4, -0.2) is 74.7 Å². The summed E-state index contributed by atoms with van der Waals surface area (Å²) in [5.74, 6) is 1.71. The summed E-state index contributed by atoms with van der Waals surface area (Å²) in [5, 5.41) is 6.87. The van der Waals surface area contributed by atoms with Crippen molar-refractivity contribution in [2.45, 2.75) is 46.6 Å². The summed E-state index contributed by atoms with van der Waals surface area (Å²) in [4.78, 5) is 9.41. The number of hydrogen-bond acceptors (Lipinski definition) is 3. The van der Waals surface area contributed by atoms with Crippen LogP contribution in [0.3, 0.4) is 0 Å². The number of likely N-dealkylation sites (N-methyl/N-ethyl adjacent to an activating group) is 1. The van der Waals surface area contributed by atoms with Gasteiger partial charge in [0.2, 0.25) is 0 Å². The zero-order valence-electron chi connectivity index (χ0n) is 15.8. The Bertz CT molecular complexity index is 314. The molecule has 1 aliphatic heterocycles. The second-order valence-electron chi connectivity index (χ2n) is 6.74. The van der Waals surface area contributed by atoms with Gasteiger partial charge in [-0.2, -0.15) is 0 Å². The maximum Gasteiger partial charge on any atom is 0.191 e. The van der Waals surface area contributed by atoms with Crippen LogP contribution in [0.2, 0.25) is 0 Å². The molecule has 1 saturated heterocycles. The Morgan fingerprint density at radius 3 is 2.26 bits per heavy atom. The largest absolute Gasteiger partial charge is 0.356 e. The van der Waals surface area contributed by atoms with Crippen molar-refractivity contribution in [1.29, 1.82) is 0 Å². The van der Waals surface area contributed by atoms with Crippen LogP contribution in [0.25, 0.3) is 0 Å². The topological polar surface area (TPSA) is 42.9 Å². The molecule has 1 unspecified atom stereocenters. The van der Waals surface area contributed by atoms with E-state index in [9.17, 15) is 0 Å². The fourth-order valence-corrected chi connectivity index (χ4v) is 2.83. The molecular formula is C17H38IN5. The summed E-state index contributed by atoms with van der Waals surface area (Å²) < 4.78 is 0. The average Bonchev–Trinajstić information content (AvgIpc) is 2.53. The zero-order valence-corrected chi connectivity index (χ0v) is 18.1. The van der Waals surface area contributed by atoms with Gasteiger partial charge in [-0.15, -0.1) is 24.0 Å². The van der Waals surface area contributed by atoms with Gasteiger partial charge in [0.15, 0.2) is 5.96 Å². The Balaban J connectivity index is 0.00000484. The second-order valence-corrected chi connectivity index (χ2v) is 6.74. The van der Waals surface area contributed by atoms with E-state index >= 15 is 0 Å². The van der Waals surface area contributed by atoms with Crippen molar-refractivity contribution < 1.29 is 0 Å². The van der Waals surface area contributed by atoms with E-state index < -0.39 is 0 Å². The number of piperazine rings is 1. The summed E-state index contributed by atoms with van der Waals surface area (Å²) in [5.41, 5.74) is 0. The number of guanidine groups is 1. The summed E-state index contributed by atoms with van der Waals surface area (Å²) in [6.07, 6.45) is 2.47. The molecule has 0 saturated carbocycles. The first-order valence-corrected chi connectivity index (χ1v) is 8.97. The summed E-state index contributed by atoms with van der Waals surface area (Å²) in [6, 6.07) is 0.549. The van der Waals surface area contributed by atoms with Gasteiger partial charge in [0.25, 0.3) is 0 Å². The van der Waals surface area contributed by atoms with Crippen molar-refractivity contribution in [2.24, 2.45) is 10.9 Å². The number of nitrogens with one attached hydrogen (secondary N) is 2. The molecule has 1 heterocycles. The first-order chi connectivity index (χ1) is 10.6. The molecule has 0 bridgehead atoms. The maximum absolute atomic E-state index is 4.31. The highest BCUT2D eigenvalue weighted by molar-refractivity contribution is 14.0. The first-order valence-electron chi connectivity index (χ1n) is 8.97. The van der Waals surface area contributed by atoms with Gasteiger partial charge in [-0.25, -0.2) is 0 Å². The molecule has 1 aliphatic rings. The molecule has 6 heteroatoms. The molecule has 1 rings (SSSR count). The Morgan fingerprint density at radius 1 is 1.09 bits per heavy atom. The standard InChI is InChI=1S/C17H37N5.HI/c1-6-21-10-12-22(13-11-21)16(4)14-20-17(18-5)19-9-7-8-15(2)3;/h15-16H,6-14H2,1-5H3,(H2,18,19,20);1H. The second kappa shape index (κ2) is 13.2. The Kier molecular flexibility index (Phi) is 13.2. The Hall–Kier alpha value is -0.0800. The normalized spacial score (nSPS) is 18.6. The van der Waals surface area contributed by atoms with Crippen LogP contribution < -0.4 is 10.6 Å². The van der Waals surface area contributed by atoms with Crippen molar-refractivity contribution in [3.8, 4) is 0 Å². The molecule has 2 N–H and O–H groups in total. The van der Waals surface area contributed by atoms with E-state index in [1.165, 1.54) is 45.6 Å². The molecule has 0 amide bonds. The molecule has 1 fully saturated rings. The third-order valence-electron chi connectivity index (χ3n) is 4.52. The lowest BCUT2D eigenvalue weighted by molar-refractivity contribution is 0.107. The molecular weight excluding hydrogens is 401 g/mol. The van der Waals surface area contributed by atoms with Gasteiger partial charge in [-0.3, -0.25) is 9.89 Å². The van der Waals surface area contributed by atoms with Gasteiger partial charge in [0, 0.05) is 52.4 Å². The molecule has 1 atom stereocenters. The number of aliphatic imine (C=N–C) groups is 1. The zero-order chi connectivity index (χ0) is 16.4. The van der Waals surface area contributed by atoms with E-state index in [4.69, 9.17) is 0 Å². The van der Waals surface area contributed by atoms with Crippen LogP contribution in [0, 0.1) is 5.92 Å². The summed E-state index contributed by atoms with van der Waals surface area (Å²) in [6.45, 7) is 17.0. The minimum Gasteiger partial charge on any atom is -0.356 e. The predicted molar refractivity (Wildman–Crippen MR) is 112 cm³/mol.